The molecule has 2 rings (SSSR count). The third-order valence-corrected chi connectivity index (χ3v) is 5.34. The molecule has 0 aromatic heterocycles. The summed E-state index contributed by atoms with van der Waals surface area (Å²) in [6, 6.07) is 6.88. The average molecular weight is 341 g/mol. The number of para-hydroxylation sites is 2. The SMILES string of the molecule is COc1ccccc1NC(=O)C(C)N1CCN(S(C)(=O)=O)CC1. The van der Waals surface area contributed by atoms with E-state index in [-0.39, 0.29) is 11.9 Å². The summed E-state index contributed by atoms with van der Waals surface area (Å²) >= 11 is 0. The summed E-state index contributed by atoms with van der Waals surface area (Å²) in [6.45, 7) is 3.71. The van der Waals surface area contributed by atoms with E-state index < -0.39 is 10.0 Å². The first kappa shape index (κ1) is 17.7. The van der Waals surface area contributed by atoms with Crippen LogP contribution in [0.15, 0.2) is 24.3 Å². The van der Waals surface area contributed by atoms with Crippen molar-refractivity contribution in [3.8, 4) is 5.75 Å². The standard InChI is InChI=1S/C15H23N3O4S/c1-12(17-8-10-18(11-9-17)23(3,20)21)15(19)16-13-6-4-5-7-14(13)22-2/h4-7,12H,8-11H2,1-3H3,(H,16,19). The van der Waals surface area contributed by atoms with Gasteiger partial charge in [0.2, 0.25) is 15.9 Å². The molecule has 0 radical (unpaired) electrons. The van der Waals surface area contributed by atoms with Crippen LogP contribution >= 0.6 is 0 Å². The van der Waals surface area contributed by atoms with Crippen LogP contribution in [-0.2, 0) is 14.8 Å². The summed E-state index contributed by atoms with van der Waals surface area (Å²) in [4.78, 5) is 14.4. The molecule has 1 heterocycles. The van der Waals surface area contributed by atoms with Crippen LogP contribution in [0.4, 0.5) is 5.69 Å². The number of ether oxygens (including phenoxy) is 1. The zero-order chi connectivity index (χ0) is 17.0. The second-order valence-corrected chi connectivity index (χ2v) is 7.55. The Bertz CT molecular complexity index is 654. The maximum atomic E-state index is 12.4. The first-order valence-electron chi connectivity index (χ1n) is 7.46. The van der Waals surface area contributed by atoms with Crippen LogP contribution in [0.3, 0.4) is 0 Å². The Kier molecular flexibility index (Phi) is 5.61. The van der Waals surface area contributed by atoms with Crippen molar-refractivity contribution >= 4 is 21.6 Å². The van der Waals surface area contributed by atoms with Gasteiger partial charge in [0, 0.05) is 26.2 Å². The maximum Gasteiger partial charge on any atom is 0.241 e. The van der Waals surface area contributed by atoms with Gasteiger partial charge < -0.3 is 10.1 Å². The van der Waals surface area contributed by atoms with Crippen molar-refractivity contribution < 1.29 is 17.9 Å². The topological polar surface area (TPSA) is 79.0 Å². The summed E-state index contributed by atoms with van der Waals surface area (Å²) in [5, 5.41) is 2.86. The van der Waals surface area contributed by atoms with E-state index in [9.17, 15) is 13.2 Å². The van der Waals surface area contributed by atoms with Gasteiger partial charge in [-0.05, 0) is 19.1 Å². The number of benzene rings is 1. The van der Waals surface area contributed by atoms with Gasteiger partial charge in [0.15, 0.2) is 0 Å². The molecule has 7 nitrogen and oxygen atoms in total. The minimum atomic E-state index is -3.16. The predicted molar refractivity (Wildman–Crippen MR) is 89.1 cm³/mol. The number of hydrogen-bond donors (Lipinski definition) is 1. The van der Waals surface area contributed by atoms with Gasteiger partial charge in [0.05, 0.1) is 25.1 Å². The number of rotatable bonds is 5. The predicted octanol–water partition coefficient (Wildman–Crippen LogP) is 0.599. The van der Waals surface area contributed by atoms with Gasteiger partial charge in [-0.2, -0.15) is 4.31 Å². The number of piperazine rings is 1. The van der Waals surface area contributed by atoms with Crippen molar-refractivity contribution in [2.24, 2.45) is 0 Å². The van der Waals surface area contributed by atoms with E-state index in [1.807, 2.05) is 24.0 Å². The summed E-state index contributed by atoms with van der Waals surface area (Å²) in [6.07, 6.45) is 1.21. The minimum absolute atomic E-state index is 0.137. The van der Waals surface area contributed by atoms with E-state index >= 15 is 0 Å². The number of anilines is 1. The number of methoxy groups -OCH3 is 1. The van der Waals surface area contributed by atoms with Crippen LogP contribution in [0.1, 0.15) is 6.92 Å². The van der Waals surface area contributed by atoms with Crippen molar-refractivity contribution in [2.75, 3.05) is 44.9 Å². The zero-order valence-electron chi connectivity index (χ0n) is 13.7. The second kappa shape index (κ2) is 7.29. The quantitative estimate of drug-likeness (QED) is 0.848. The molecule has 1 atom stereocenters. The molecule has 0 spiro atoms. The number of nitrogens with one attached hydrogen (secondary N) is 1. The lowest BCUT2D eigenvalue weighted by Crippen LogP contribution is -2.53. The molecular formula is C15H23N3O4S. The van der Waals surface area contributed by atoms with Gasteiger partial charge in [-0.25, -0.2) is 8.42 Å². The zero-order valence-corrected chi connectivity index (χ0v) is 14.5. The number of amides is 1. The normalized spacial score (nSPS) is 18.4. The number of hydrogen-bond acceptors (Lipinski definition) is 5. The van der Waals surface area contributed by atoms with Crippen LogP contribution in [0.25, 0.3) is 0 Å². The Morgan fingerprint density at radius 1 is 1.22 bits per heavy atom. The van der Waals surface area contributed by atoms with Crippen molar-refractivity contribution in [3.63, 3.8) is 0 Å². The Hall–Kier alpha value is -1.64. The maximum absolute atomic E-state index is 12.4. The second-order valence-electron chi connectivity index (χ2n) is 5.56. The summed E-state index contributed by atoms with van der Waals surface area (Å²) < 4.78 is 29.7. The molecule has 1 aliphatic heterocycles. The lowest BCUT2D eigenvalue weighted by atomic mass is 10.2. The highest BCUT2D eigenvalue weighted by molar-refractivity contribution is 7.88. The lowest BCUT2D eigenvalue weighted by molar-refractivity contribution is -0.121. The van der Waals surface area contributed by atoms with Gasteiger partial charge in [-0.1, -0.05) is 12.1 Å². The number of nitrogens with zero attached hydrogens (tertiary/aromatic N) is 2. The van der Waals surface area contributed by atoms with Crippen molar-refractivity contribution in [1.29, 1.82) is 0 Å². The van der Waals surface area contributed by atoms with Gasteiger partial charge in [-0.15, -0.1) is 0 Å². The van der Waals surface area contributed by atoms with Crippen molar-refractivity contribution in [1.82, 2.24) is 9.21 Å². The molecule has 0 saturated carbocycles. The van der Waals surface area contributed by atoms with E-state index in [1.54, 1.807) is 19.2 Å². The fraction of sp³-hybridized carbons (Fsp3) is 0.533. The smallest absolute Gasteiger partial charge is 0.241 e. The molecule has 1 fully saturated rings. The highest BCUT2D eigenvalue weighted by Crippen LogP contribution is 2.23. The molecule has 0 bridgehead atoms. The molecule has 1 saturated heterocycles. The molecule has 1 aromatic carbocycles. The van der Waals surface area contributed by atoms with E-state index in [0.717, 1.165) is 0 Å². The third kappa shape index (κ3) is 4.43. The van der Waals surface area contributed by atoms with Gasteiger partial charge >= 0.3 is 0 Å². The Morgan fingerprint density at radius 3 is 2.39 bits per heavy atom. The molecule has 1 N–H and O–H groups in total. The molecular weight excluding hydrogens is 318 g/mol. The molecule has 1 aliphatic rings. The highest BCUT2D eigenvalue weighted by Gasteiger charge is 2.29. The van der Waals surface area contributed by atoms with E-state index in [1.165, 1.54) is 10.6 Å². The highest BCUT2D eigenvalue weighted by atomic mass is 32.2. The van der Waals surface area contributed by atoms with Crippen LogP contribution < -0.4 is 10.1 Å². The largest absolute Gasteiger partial charge is 0.495 e. The first-order chi connectivity index (χ1) is 10.8. The van der Waals surface area contributed by atoms with Crippen molar-refractivity contribution in [3.05, 3.63) is 24.3 Å². The van der Waals surface area contributed by atoms with Crippen LogP contribution in [0.5, 0.6) is 5.75 Å². The van der Waals surface area contributed by atoms with E-state index in [2.05, 4.69) is 5.32 Å². The van der Waals surface area contributed by atoms with Crippen LogP contribution in [0.2, 0.25) is 0 Å². The van der Waals surface area contributed by atoms with Gasteiger partial charge in [0.1, 0.15) is 5.75 Å². The van der Waals surface area contributed by atoms with E-state index in [4.69, 9.17) is 4.74 Å². The van der Waals surface area contributed by atoms with Crippen LogP contribution in [0, 0.1) is 0 Å². The number of carbonyl (C=O) groups is 1. The molecule has 8 heteroatoms. The molecule has 1 amide bonds. The monoisotopic (exact) mass is 341 g/mol. The third-order valence-electron chi connectivity index (χ3n) is 4.03. The van der Waals surface area contributed by atoms with Gasteiger partial charge in [-0.3, -0.25) is 9.69 Å². The fourth-order valence-corrected chi connectivity index (χ4v) is 3.40. The summed E-state index contributed by atoms with van der Waals surface area (Å²) in [7, 11) is -1.61. The summed E-state index contributed by atoms with van der Waals surface area (Å²) in [5.74, 6) is 0.470. The first-order valence-corrected chi connectivity index (χ1v) is 9.31. The van der Waals surface area contributed by atoms with Gasteiger partial charge in [0.25, 0.3) is 0 Å². The molecule has 128 valence electrons. The Labute approximate surface area is 137 Å². The number of carbonyl (C=O) groups excluding carboxylic acids is 1. The molecule has 1 unspecified atom stereocenters. The van der Waals surface area contributed by atoms with E-state index in [0.29, 0.717) is 37.6 Å². The summed E-state index contributed by atoms with van der Waals surface area (Å²) in [5.41, 5.74) is 0.627. The molecule has 1 aromatic rings. The van der Waals surface area contributed by atoms with Crippen molar-refractivity contribution in [2.45, 2.75) is 13.0 Å². The Morgan fingerprint density at radius 2 is 1.83 bits per heavy atom. The average Bonchev–Trinajstić information content (AvgIpc) is 2.54. The lowest BCUT2D eigenvalue weighted by Gasteiger charge is -2.36. The Balaban J connectivity index is 1.96. The molecule has 23 heavy (non-hydrogen) atoms. The number of sulfonamides is 1. The van der Waals surface area contributed by atoms with Crippen LogP contribution in [-0.4, -0.2) is 69.1 Å². The molecule has 0 aliphatic carbocycles. The fourth-order valence-electron chi connectivity index (χ4n) is 2.57. The minimum Gasteiger partial charge on any atom is -0.495 e.